The Morgan fingerprint density at radius 3 is 2.71 bits per heavy atom. The molecule has 0 aliphatic heterocycles. The summed E-state index contributed by atoms with van der Waals surface area (Å²) in [5.41, 5.74) is 2.67. The Hall–Kier alpha value is -0.450. The molecule has 0 radical (unpaired) electrons. The average molecular weight is 214 g/mol. The summed E-state index contributed by atoms with van der Waals surface area (Å²) >= 11 is 1.65. The maximum atomic E-state index is 9.50. The number of rotatable bonds is 4. The summed E-state index contributed by atoms with van der Waals surface area (Å²) in [5, 5.41) is 12.8. The molecule has 1 rings (SSSR count). The largest absolute Gasteiger partial charge is 0.392 e. The van der Waals surface area contributed by atoms with Crippen LogP contribution >= 0.6 is 11.3 Å². The van der Waals surface area contributed by atoms with E-state index in [0.717, 1.165) is 12.2 Å². The zero-order valence-electron chi connectivity index (χ0n) is 9.16. The second-order valence-electron chi connectivity index (χ2n) is 4.11. The van der Waals surface area contributed by atoms with Crippen molar-refractivity contribution in [1.29, 1.82) is 0 Å². The summed E-state index contributed by atoms with van der Waals surface area (Å²) in [5.74, 6) is 0. The molecule has 0 saturated carbocycles. The molecule has 2 N–H and O–H groups in total. The van der Waals surface area contributed by atoms with E-state index in [0.29, 0.717) is 0 Å². The number of aliphatic hydroxyl groups is 1. The van der Waals surface area contributed by atoms with Gasteiger partial charge in [-0.1, -0.05) is 0 Å². The zero-order valence-corrected chi connectivity index (χ0v) is 9.98. The SMILES string of the molecule is Cc1ncsc1CNC(C)(C)C(C)O. The summed E-state index contributed by atoms with van der Waals surface area (Å²) < 4.78 is 0. The van der Waals surface area contributed by atoms with E-state index in [1.54, 1.807) is 18.3 Å². The van der Waals surface area contributed by atoms with Crippen molar-refractivity contribution < 1.29 is 5.11 Å². The van der Waals surface area contributed by atoms with E-state index >= 15 is 0 Å². The van der Waals surface area contributed by atoms with Crippen molar-refractivity contribution in [2.75, 3.05) is 0 Å². The fourth-order valence-corrected chi connectivity index (χ4v) is 1.67. The van der Waals surface area contributed by atoms with Gasteiger partial charge in [-0.2, -0.15) is 0 Å². The third-order valence-corrected chi connectivity index (χ3v) is 3.53. The molecule has 0 aliphatic carbocycles. The van der Waals surface area contributed by atoms with Crippen LogP contribution < -0.4 is 5.32 Å². The van der Waals surface area contributed by atoms with Gasteiger partial charge in [-0.05, 0) is 27.7 Å². The molecule has 0 saturated heterocycles. The standard InChI is InChI=1S/C10H18N2OS/c1-7-9(14-6-11-7)5-12-10(3,4)8(2)13/h6,8,12-13H,5H2,1-4H3. The van der Waals surface area contributed by atoms with E-state index in [2.05, 4.69) is 10.3 Å². The lowest BCUT2D eigenvalue weighted by Gasteiger charge is -2.29. The lowest BCUT2D eigenvalue weighted by molar-refractivity contribution is 0.0958. The monoisotopic (exact) mass is 214 g/mol. The summed E-state index contributed by atoms with van der Waals surface area (Å²) in [6.07, 6.45) is -0.365. The minimum absolute atomic E-state index is 0.254. The first kappa shape index (κ1) is 11.6. The van der Waals surface area contributed by atoms with Crippen LogP contribution in [0.3, 0.4) is 0 Å². The van der Waals surface area contributed by atoms with E-state index in [4.69, 9.17) is 0 Å². The van der Waals surface area contributed by atoms with Crippen LogP contribution in [0, 0.1) is 6.92 Å². The number of hydrogen-bond acceptors (Lipinski definition) is 4. The van der Waals surface area contributed by atoms with E-state index in [9.17, 15) is 5.11 Å². The van der Waals surface area contributed by atoms with Crippen LogP contribution in [0.2, 0.25) is 0 Å². The molecule has 0 amide bonds. The number of aliphatic hydroxyl groups excluding tert-OH is 1. The first-order valence-electron chi connectivity index (χ1n) is 4.75. The topological polar surface area (TPSA) is 45.2 Å². The summed E-state index contributed by atoms with van der Waals surface area (Å²) in [4.78, 5) is 5.41. The number of nitrogens with one attached hydrogen (secondary N) is 1. The van der Waals surface area contributed by atoms with Gasteiger partial charge in [0.15, 0.2) is 0 Å². The third kappa shape index (κ3) is 2.77. The average Bonchev–Trinajstić information content (AvgIpc) is 2.47. The molecule has 1 atom stereocenters. The molecule has 0 spiro atoms. The summed E-state index contributed by atoms with van der Waals surface area (Å²) in [6, 6.07) is 0. The van der Waals surface area contributed by atoms with Crippen molar-refractivity contribution in [3.8, 4) is 0 Å². The molecular weight excluding hydrogens is 196 g/mol. The molecule has 1 aromatic heterocycles. The van der Waals surface area contributed by atoms with E-state index in [1.807, 2.05) is 26.3 Å². The van der Waals surface area contributed by atoms with Crippen LogP contribution in [0.5, 0.6) is 0 Å². The van der Waals surface area contributed by atoms with Crippen molar-refractivity contribution in [3.05, 3.63) is 16.1 Å². The lowest BCUT2D eigenvalue weighted by atomic mass is 9.99. The van der Waals surface area contributed by atoms with Crippen molar-refractivity contribution >= 4 is 11.3 Å². The predicted molar refractivity (Wildman–Crippen MR) is 59.5 cm³/mol. The molecule has 0 aromatic carbocycles. The highest BCUT2D eigenvalue weighted by Gasteiger charge is 2.23. The van der Waals surface area contributed by atoms with Crippen molar-refractivity contribution in [1.82, 2.24) is 10.3 Å². The fourth-order valence-electron chi connectivity index (χ4n) is 0.952. The first-order chi connectivity index (χ1) is 6.43. The Kier molecular flexibility index (Phi) is 3.64. The predicted octanol–water partition coefficient (Wildman–Crippen LogP) is 1.70. The van der Waals surface area contributed by atoms with Crippen molar-refractivity contribution in [3.63, 3.8) is 0 Å². The van der Waals surface area contributed by atoms with Gasteiger partial charge in [-0.25, -0.2) is 4.98 Å². The van der Waals surface area contributed by atoms with Gasteiger partial charge in [0.05, 0.1) is 17.3 Å². The van der Waals surface area contributed by atoms with Crippen LogP contribution in [0.4, 0.5) is 0 Å². The lowest BCUT2D eigenvalue weighted by Crippen LogP contribution is -2.47. The molecule has 14 heavy (non-hydrogen) atoms. The minimum Gasteiger partial charge on any atom is -0.392 e. The maximum Gasteiger partial charge on any atom is 0.0798 e. The fraction of sp³-hybridized carbons (Fsp3) is 0.700. The van der Waals surface area contributed by atoms with E-state index < -0.39 is 0 Å². The third-order valence-electron chi connectivity index (χ3n) is 2.59. The highest BCUT2D eigenvalue weighted by atomic mass is 32.1. The molecule has 0 bridgehead atoms. The van der Waals surface area contributed by atoms with Gasteiger partial charge < -0.3 is 10.4 Å². The molecule has 0 fully saturated rings. The normalized spacial score (nSPS) is 14.4. The van der Waals surface area contributed by atoms with Gasteiger partial charge in [0.1, 0.15) is 0 Å². The summed E-state index contributed by atoms with van der Waals surface area (Å²) in [6.45, 7) is 8.56. The van der Waals surface area contributed by atoms with Gasteiger partial charge in [0.25, 0.3) is 0 Å². The van der Waals surface area contributed by atoms with Gasteiger partial charge in [-0.15, -0.1) is 11.3 Å². The molecular formula is C10H18N2OS. The Labute approximate surface area is 89.2 Å². The summed E-state index contributed by atoms with van der Waals surface area (Å²) in [7, 11) is 0. The van der Waals surface area contributed by atoms with Crippen LogP contribution in [0.25, 0.3) is 0 Å². The quantitative estimate of drug-likeness (QED) is 0.802. The van der Waals surface area contributed by atoms with Crippen LogP contribution in [-0.4, -0.2) is 21.7 Å². The number of aromatic nitrogens is 1. The van der Waals surface area contributed by atoms with Crippen LogP contribution in [-0.2, 0) is 6.54 Å². The van der Waals surface area contributed by atoms with Gasteiger partial charge in [0.2, 0.25) is 0 Å². The molecule has 3 nitrogen and oxygen atoms in total. The smallest absolute Gasteiger partial charge is 0.0798 e. The number of thiazole rings is 1. The Balaban J connectivity index is 2.53. The first-order valence-corrected chi connectivity index (χ1v) is 5.63. The molecule has 1 aromatic rings. The van der Waals surface area contributed by atoms with Gasteiger partial charge >= 0.3 is 0 Å². The van der Waals surface area contributed by atoms with Gasteiger partial charge in [0, 0.05) is 17.0 Å². The van der Waals surface area contributed by atoms with Gasteiger partial charge in [-0.3, -0.25) is 0 Å². The van der Waals surface area contributed by atoms with Crippen LogP contribution in [0.1, 0.15) is 31.3 Å². The molecule has 80 valence electrons. The molecule has 0 aliphatic rings. The van der Waals surface area contributed by atoms with E-state index in [-0.39, 0.29) is 11.6 Å². The Morgan fingerprint density at radius 2 is 2.29 bits per heavy atom. The Morgan fingerprint density at radius 1 is 1.64 bits per heavy atom. The molecule has 4 heteroatoms. The molecule has 1 unspecified atom stereocenters. The molecule has 1 heterocycles. The second-order valence-corrected chi connectivity index (χ2v) is 5.05. The zero-order chi connectivity index (χ0) is 10.8. The number of aryl methyl sites for hydroxylation is 1. The highest BCUT2D eigenvalue weighted by molar-refractivity contribution is 7.09. The van der Waals surface area contributed by atoms with Crippen molar-refractivity contribution in [2.24, 2.45) is 0 Å². The Bertz CT molecular complexity index is 294. The second kappa shape index (κ2) is 4.38. The number of nitrogens with zero attached hydrogens (tertiary/aromatic N) is 1. The minimum atomic E-state index is -0.365. The van der Waals surface area contributed by atoms with Crippen molar-refractivity contribution in [2.45, 2.75) is 45.9 Å². The highest BCUT2D eigenvalue weighted by Crippen LogP contribution is 2.15. The van der Waals surface area contributed by atoms with Crippen LogP contribution in [0.15, 0.2) is 5.51 Å². The van der Waals surface area contributed by atoms with E-state index in [1.165, 1.54) is 4.88 Å². The maximum absolute atomic E-state index is 9.50. The number of hydrogen-bond donors (Lipinski definition) is 2.